The summed E-state index contributed by atoms with van der Waals surface area (Å²) < 4.78 is 0. The molecule has 0 aliphatic carbocycles. The van der Waals surface area contributed by atoms with Crippen molar-refractivity contribution in [3.05, 3.63) is 28.3 Å². The van der Waals surface area contributed by atoms with Gasteiger partial charge in [0.15, 0.2) is 0 Å². The number of halogens is 1. The van der Waals surface area contributed by atoms with E-state index in [9.17, 15) is 9.90 Å². The fraction of sp³-hybridized carbons (Fsp3) is 0.500. The standard InChI is InChI=1S/C14H19ClO2/c1-8-6-11(14(3,4)5)13(17)9(2)10(8)7-12(15)16/h6,17H,7H2,1-5H3. The van der Waals surface area contributed by atoms with Crippen molar-refractivity contribution in [1.29, 1.82) is 0 Å². The van der Waals surface area contributed by atoms with Gasteiger partial charge in [0.2, 0.25) is 5.24 Å². The van der Waals surface area contributed by atoms with Gasteiger partial charge in [-0.05, 0) is 53.1 Å². The molecule has 0 heterocycles. The number of benzene rings is 1. The Labute approximate surface area is 108 Å². The molecule has 0 unspecified atom stereocenters. The number of phenols is 1. The Morgan fingerprint density at radius 3 is 2.29 bits per heavy atom. The van der Waals surface area contributed by atoms with Crippen molar-refractivity contribution in [1.82, 2.24) is 0 Å². The molecule has 94 valence electrons. The van der Waals surface area contributed by atoms with Gasteiger partial charge in [0.1, 0.15) is 5.75 Å². The highest BCUT2D eigenvalue weighted by atomic mass is 35.5. The van der Waals surface area contributed by atoms with Crippen LogP contribution in [-0.2, 0) is 16.6 Å². The zero-order valence-electron chi connectivity index (χ0n) is 11.0. The van der Waals surface area contributed by atoms with Crippen LogP contribution in [0.25, 0.3) is 0 Å². The van der Waals surface area contributed by atoms with Gasteiger partial charge in [-0.25, -0.2) is 0 Å². The molecule has 17 heavy (non-hydrogen) atoms. The molecular formula is C14H19ClO2. The van der Waals surface area contributed by atoms with Gasteiger partial charge in [-0.1, -0.05) is 26.8 Å². The highest BCUT2D eigenvalue weighted by Crippen LogP contribution is 2.36. The Balaban J connectivity index is 3.42. The summed E-state index contributed by atoms with van der Waals surface area (Å²) in [4.78, 5) is 11.0. The lowest BCUT2D eigenvalue weighted by Crippen LogP contribution is -2.13. The van der Waals surface area contributed by atoms with Crippen LogP contribution in [0.5, 0.6) is 5.75 Å². The first-order valence-electron chi connectivity index (χ1n) is 5.65. The fourth-order valence-electron chi connectivity index (χ4n) is 2.00. The van der Waals surface area contributed by atoms with Crippen LogP contribution in [-0.4, -0.2) is 10.3 Å². The third kappa shape index (κ3) is 3.01. The summed E-state index contributed by atoms with van der Waals surface area (Å²) in [7, 11) is 0. The second-order valence-corrected chi connectivity index (χ2v) is 5.90. The molecule has 0 saturated carbocycles. The molecular weight excluding hydrogens is 236 g/mol. The molecule has 1 rings (SSSR count). The van der Waals surface area contributed by atoms with Crippen molar-refractivity contribution >= 4 is 16.8 Å². The Hall–Kier alpha value is -1.02. The van der Waals surface area contributed by atoms with E-state index >= 15 is 0 Å². The van der Waals surface area contributed by atoms with Crippen molar-refractivity contribution in [3.63, 3.8) is 0 Å². The molecule has 0 spiro atoms. The largest absolute Gasteiger partial charge is 0.507 e. The molecule has 0 aliphatic rings. The Morgan fingerprint density at radius 2 is 1.88 bits per heavy atom. The molecule has 1 aromatic carbocycles. The van der Waals surface area contributed by atoms with Gasteiger partial charge < -0.3 is 5.11 Å². The summed E-state index contributed by atoms with van der Waals surface area (Å²) in [6, 6.07) is 1.94. The predicted octanol–water partition coefficient (Wildman–Crippen LogP) is 3.61. The molecule has 0 aliphatic heterocycles. The topological polar surface area (TPSA) is 37.3 Å². The fourth-order valence-corrected chi connectivity index (χ4v) is 2.13. The summed E-state index contributed by atoms with van der Waals surface area (Å²) in [6.07, 6.45) is 0.164. The number of carbonyl (C=O) groups is 1. The lowest BCUT2D eigenvalue weighted by molar-refractivity contribution is -0.111. The normalized spacial score (nSPS) is 11.6. The van der Waals surface area contributed by atoms with E-state index in [-0.39, 0.29) is 17.6 Å². The first-order valence-corrected chi connectivity index (χ1v) is 6.03. The van der Waals surface area contributed by atoms with E-state index in [0.29, 0.717) is 0 Å². The summed E-state index contributed by atoms with van der Waals surface area (Å²) in [5.74, 6) is 0.274. The van der Waals surface area contributed by atoms with E-state index in [4.69, 9.17) is 11.6 Å². The summed E-state index contributed by atoms with van der Waals surface area (Å²) in [5, 5.41) is 9.79. The maximum Gasteiger partial charge on any atom is 0.226 e. The van der Waals surface area contributed by atoms with Gasteiger partial charge in [-0.2, -0.15) is 0 Å². The summed E-state index contributed by atoms with van der Waals surface area (Å²) in [5.41, 5.74) is 3.36. The second kappa shape index (κ2) is 4.69. The minimum atomic E-state index is -0.404. The number of hydrogen-bond acceptors (Lipinski definition) is 2. The molecule has 0 bridgehead atoms. The van der Waals surface area contributed by atoms with E-state index < -0.39 is 5.24 Å². The number of carbonyl (C=O) groups excluding carboxylic acids is 1. The molecule has 1 aromatic rings. The van der Waals surface area contributed by atoms with E-state index in [2.05, 4.69) is 0 Å². The second-order valence-electron chi connectivity index (χ2n) is 5.48. The third-order valence-electron chi connectivity index (χ3n) is 3.02. The van der Waals surface area contributed by atoms with E-state index in [1.807, 2.05) is 40.7 Å². The van der Waals surface area contributed by atoms with Crippen LogP contribution in [0.1, 0.15) is 43.0 Å². The minimum absolute atomic E-state index is 0.122. The first kappa shape index (κ1) is 14.0. The number of aromatic hydroxyl groups is 1. The lowest BCUT2D eigenvalue weighted by Gasteiger charge is -2.24. The number of rotatable bonds is 2. The van der Waals surface area contributed by atoms with Gasteiger partial charge in [0, 0.05) is 6.42 Å². The average molecular weight is 255 g/mol. The molecule has 0 amide bonds. The molecule has 2 nitrogen and oxygen atoms in total. The average Bonchev–Trinajstić information content (AvgIpc) is 2.16. The van der Waals surface area contributed by atoms with Gasteiger partial charge in [-0.3, -0.25) is 4.79 Å². The number of phenolic OH excluding ortho intramolecular Hbond substituents is 1. The predicted molar refractivity (Wildman–Crippen MR) is 70.8 cm³/mol. The highest BCUT2D eigenvalue weighted by molar-refractivity contribution is 6.63. The van der Waals surface area contributed by atoms with Crippen LogP contribution in [0.2, 0.25) is 0 Å². The SMILES string of the molecule is Cc1cc(C(C)(C)C)c(O)c(C)c1CC(=O)Cl. The number of hydrogen-bond donors (Lipinski definition) is 1. The highest BCUT2D eigenvalue weighted by Gasteiger charge is 2.22. The maximum absolute atomic E-state index is 11.0. The Kier molecular flexibility index (Phi) is 3.88. The van der Waals surface area contributed by atoms with Crippen LogP contribution in [0.4, 0.5) is 0 Å². The minimum Gasteiger partial charge on any atom is -0.507 e. The maximum atomic E-state index is 11.0. The van der Waals surface area contributed by atoms with Crippen molar-refractivity contribution in [2.24, 2.45) is 0 Å². The zero-order valence-corrected chi connectivity index (χ0v) is 11.8. The summed E-state index contributed by atoms with van der Waals surface area (Å²) >= 11 is 5.42. The molecule has 3 heteroatoms. The van der Waals surface area contributed by atoms with Crippen LogP contribution >= 0.6 is 11.6 Å². The van der Waals surface area contributed by atoms with Crippen molar-refractivity contribution in [3.8, 4) is 5.75 Å². The lowest BCUT2D eigenvalue weighted by atomic mass is 9.82. The van der Waals surface area contributed by atoms with Crippen LogP contribution in [0.3, 0.4) is 0 Å². The van der Waals surface area contributed by atoms with Gasteiger partial charge in [0.25, 0.3) is 0 Å². The van der Waals surface area contributed by atoms with Gasteiger partial charge in [-0.15, -0.1) is 0 Å². The van der Waals surface area contributed by atoms with Crippen LogP contribution in [0, 0.1) is 13.8 Å². The van der Waals surface area contributed by atoms with Crippen molar-refractivity contribution in [2.75, 3.05) is 0 Å². The van der Waals surface area contributed by atoms with E-state index in [0.717, 1.165) is 22.3 Å². The Morgan fingerprint density at radius 1 is 1.35 bits per heavy atom. The first-order chi connectivity index (χ1) is 7.64. The van der Waals surface area contributed by atoms with Crippen molar-refractivity contribution in [2.45, 2.75) is 46.5 Å². The molecule has 0 fully saturated rings. The molecule has 0 radical (unpaired) electrons. The van der Waals surface area contributed by atoms with E-state index in [1.54, 1.807) is 0 Å². The van der Waals surface area contributed by atoms with Gasteiger partial charge >= 0.3 is 0 Å². The Bertz CT molecular complexity index is 456. The number of aryl methyl sites for hydroxylation is 1. The zero-order chi connectivity index (χ0) is 13.4. The molecule has 0 aromatic heterocycles. The smallest absolute Gasteiger partial charge is 0.226 e. The third-order valence-corrected chi connectivity index (χ3v) is 3.16. The van der Waals surface area contributed by atoms with Gasteiger partial charge in [0.05, 0.1) is 0 Å². The molecule has 0 atom stereocenters. The molecule has 0 saturated heterocycles. The quantitative estimate of drug-likeness (QED) is 0.819. The summed E-state index contributed by atoms with van der Waals surface area (Å²) in [6.45, 7) is 9.91. The van der Waals surface area contributed by atoms with Crippen LogP contribution < -0.4 is 0 Å². The molecule has 1 N–H and O–H groups in total. The van der Waals surface area contributed by atoms with Crippen molar-refractivity contribution < 1.29 is 9.90 Å². The van der Waals surface area contributed by atoms with Crippen LogP contribution in [0.15, 0.2) is 6.07 Å². The monoisotopic (exact) mass is 254 g/mol. The van der Waals surface area contributed by atoms with E-state index in [1.165, 1.54) is 0 Å².